The maximum absolute atomic E-state index is 8.85. The second-order valence-electron chi connectivity index (χ2n) is 7.28. The normalized spacial score (nSPS) is 14.3. The summed E-state index contributed by atoms with van der Waals surface area (Å²) >= 11 is 0. The summed E-state index contributed by atoms with van der Waals surface area (Å²) in [5.41, 5.74) is 0. The van der Waals surface area contributed by atoms with Crippen molar-refractivity contribution in [2.45, 2.75) is 111 Å². The lowest BCUT2D eigenvalue weighted by Crippen LogP contribution is -2.04. The zero-order chi connectivity index (χ0) is 15.8. The molecule has 0 saturated carbocycles. The van der Waals surface area contributed by atoms with E-state index in [0.717, 1.165) is 18.3 Å². The smallest absolute Gasteiger partial charge is 0.0431 e. The van der Waals surface area contributed by atoms with Gasteiger partial charge in [0.1, 0.15) is 0 Å². The maximum Gasteiger partial charge on any atom is 0.0431 e. The maximum atomic E-state index is 8.85. The highest BCUT2D eigenvalue weighted by Crippen LogP contribution is 2.21. The summed E-state index contributed by atoms with van der Waals surface area (Å²) in [6.45, 7) is 7.39. The number of aliphatic hydroxyl groups is 1. The van der Waals surface area contributed by atoms with Crippen LogP contribution in [-0.2, 0) is 0 Å². The molecule has 1 heteroatoms. The van der Waals surface area contributed by atoms with Gasteiger partial charge < -0.3 is 5.11 Å². The molecule has 2 atom stereocenters. The van der Waals surface area contributed by atoms with E-state index in [-0.39, 0.29) is 0 Å². The highest BCUT2D eigenvalue weighted by molar-refractivity contribution is 4.60. The summed E-state index contributed by atoms with van der Waals surface area (Å²) in [5, 5.41) is 8.85. The molecule has 0 aliphatic heterocycles. The summed E-state index contributed by atoms with van der Waals surface area (Å²) in [6, 6.07) is 0. The van der Waals surface area contributed by atoms with Gasteiger partial charge in [0.15, 0.2) is 0 Å². The van der Waals surface area contributed by atoms with Gasteiger partial charge in [-0.05, 0) is 31.1 Å². The number of rotatable bonds is 16. The van der Waals surface area contributed by atoms with E-state index < -0.39 is 0 Å². The fourth-order valence-corrected chi connectivity index (χ4v) is 3.34. The van der Waals surface area contributed by atoms with Crippen LogP contribution in [0.5, 0.6) is 0 Å². The summed E-state index contributed by atoms with van der Waals surface area (Å²) in [7, 11) is 0. The topological polar surface area (TPSA) is 20.2 Å². The summed E-state index contributed by atoms with van der Waals surface area (Å²) in [5.74, 6) is 1.66. The van der Waals surface area contributed by atoms with Gasteiger partial charge in [-0.3, -0.25) is 0 Å². The lowest BCUT2D eigenvalue weighted by Gasteiger charge is -2.16. The van der Waals surface area contributed by atoms with Crippen LogP contribution >= 0.6 is 0 Å². The van der Waals surface area contributed by atoms with Gasteiger partial charge in [-0.1, -0.05) is 91.4 Å². The van der Waals surface area contributed by atoms with Crippen molar-refractivity contribution in [3.63, 3.8) is 0 Å². The Morgan fingerprint density at radius 2 is 1.05 bits per heavy atom. The van der Waals surface area contributed by atoms with E-state index in [0.29, 0.717) is 6.61 Å². The molecular formula is C20H42O. The standard InChI is InChI=1S/C20H42O/c1-4-5-6-7-8-9-10-11-12-13-15-19(2)18-20(3)16-14-17-21/h19-21H,4-18H2,1-3H3. The van der Waals surface area contributed by atoms with Gasteiger partial charge in [-0.2, -0.15) is 0 Å². The zero-order valence-corrected chi connectivity index (χ0v) is 15.2. The molecular weight excluding hydrogens is 256 g/mol. The van der Waals surface area contributed by atoms with Crippen LogP contribution in [0.25, 0.3) is 0 Å². The molecule has 2 unspecified atom stereocenters. The van der Waals surface area contributed by atoms with Crippen molar-refractivity contribution in [1.82, 2.24) is 0 Å². The largest absolute Gasteiger partial charge is 0.396 e. The monoisotopic (exact) mass is 298 g/mol. The first-order chi connectivity index (χ1) is 10.2. The first-order valence-electron chi connectivity index (χ1n) is 9.81. The summed E-state index contributed by atoms with van der Waals surface area (Å²) in [6.07, 6.45) is 19.3. The predicted molar refractivity (Wildman–Crippen MR) is 95.7 cm³/mol. The van der Waals surface area contributed by atoms with Crippen LogP contribution in [0.4, 0.5) is 0 Å². The van der Waals surface area contributed by atoms with Gasteiger partial charge in [0.05, 0.1) is 0 Å². The van der Waals surface area contributed by atoms with Crippen LogP contribution in [-0.4, -0.2) is 11.7 Å². The SMILES string of the molecule is CCCCCCCCCCCCC(C)CC(C)CCCO. The van der Waals surface area contributed by atoms with Crippen molar-refractivity contribution in [3.8, 4) is 0 Å². The van der Waals surface area contributed by atoms with Crippen LogP contribution in [0.15, 0.2) is 0 Å². The van der Waals surface area contributed by atoms with Crippen LogP contribution in [0.1, 0.15) is 111 Å². The summed E-state index contributed by atoms with van der Waals surface area (Å²) < 4.78 is 0. The Morgan fingerprint density at radius 3 is 1.52 bits per heavy atom. The van der Waals surface area contributed by atoms with E-state index in [1.807, 2.05) is 0 Å². The van der Waals surface area contributed by atoms with E-state index in [2.05, 4.69) is 20.8 Å². The molecule has 0 fully saturated rings. The number of unbranched alkanes of at least 4 members (excludes halogenated alkanes) is 9. The van der Waals surface area contributed by atoms with E-state index >= 15 is 0 Å². The third-order valence-corrected chi connectivity index (χ3v) is 4.71. The molecule has 0 amide bonds. The zero-order valence-electron chi connectivity index (χ0n) is 15.2. The van der Waals surface area contributed by atoms with Gasteiger partial charge in [-0.25, -0.2) is 0 Å². The minimum Gasteiger partial charge on any atom is -0.396 e. The molecule has 0 aromatic carbocycles. The minimum atomic E-state index is 0.358. The molecule has 1 nitrogen and oxygen atoms in total. The van der Waals surface area contributed by atoms with Crippen LogP contribution in [0.3, 0.4) is 0 Å². The molecule has 1 N–H and O–H groups in total. The molecule has 0 aromatic heterocycles. The van der Waals surface area contributed by atoms with Crippen molar-refractivity contribution < 1.29 is 5.11 Å². The van der Waals surface area contributed by atoms with Crippen LogP contribution in [0, 0.1) is 11.8 Å². The van der Waals surface area contributed by atoms with Crippen molar-refractivity contribution in [2.24, 2.45) is 11.8 Å². The molecule has 0 aliphatic rings. The molecule has 0 heterocycles. The molecule has 0 radical (unpaired) electrons. The second-order valence-corrected chi connectivity index (χ2v) is 7.28. The Kier molecular flexibility index (Phi) is 16.3. The molecule has 21 heavy (non-hydrogen) atoms. The summed E-state index contributed by atoms with van der Waals surface area (Å²) in [4.78, 5) is 0. The average molecular weight is 299 g/mol. The van der Waals surface area contributed by atoms with Crippen LogP contribution in [0.2, 0.25) is 0 Å². The quantitative estimate of drug-likeness (QED) is 0.313. The van der Waals surface area contributed by atoms with Crippen molar-refractivity contribution in [3.05, 3.63) is 0 Å². The van der Waals surface area contributed by atoms with Crippen molar-refractivity contribution >= 4 is 0 Å². The number of aliphatic hydroxyl groups excluding tert-OH is 1. The van der Waals surface area contributed by atoms with E-state index in [9.17, 15) is 0 Å². The molecule has 0 aliphatic carbocycles. The van der Waals surface area contributed by atoms with E-state index in [4.69, 9.17) is 5.11 Å². The first kappa shape index (κ1) is 21.0. The third kappa shape index (κ3) is 16.2. The average Bonchev–Trinajstić information content (AvgIpc) is 2.47. The first-order valence-corrected chi connectivity index (χ1v) is 9.81. The highest BCUT2D eigenvalue weighted by atomic mass is 16.2. The highest BCUT2D eigenvalue weighted by Gasteiger charge is 2.08. The van der Waals surface area contributed by atoms with Gasteiger partial charge >= 0.3 is 0 Å². The Balaban J connectivity index is 3.22. The molecule has 0 spiro atoms. The Bertz CT molecular complexity index is 190. The fourth-order valence-electron chi connectivity index (χ4n) is 3.34. The number of hydrogen-bond acceptors (Lipinski definition) is 1. The van der Waals surface area contributed by atoms with Crippen molar-refractivity contribution in [2.75, 3.05) is 6.61 Å². The Morgan fingerprint density at radius 1 is 0.619 bits per heavy atom. The molecule has 128 valence electrons. The molecule has 0 rings (SSSR count). The Labute approximate surface area is 134 Å². The van der Waals surface area contributed by atoms with Gasteiger partial charge in [0.2, 0.25) is 0 Å². The molecule has 0 bridgehead atoms. The van der Waals surface area contributed by atoms with Crippen molar-refractivity contribution in [1.29, 1.82) is 0 Å². The van der Waals surface area contributed by atoms with Gasteiger partial charge in [0.25, 0.3) is 0 Å². The lowest BCUT2D eigenvalue weighted by molar-refractivity contribution is 0.264. The lowest BCUT2D eigenvalue weighted by atomic mass is 9.90. The van der Waals surface area contributed by atoms with E-state index in [1.165, 1.54) is 83.5 Å². The molecule has 0 aromatic rings. The van der Waals surface area contributed by atoms with Gasteiger partial charge in [-0.15, -0.1) is 0 Å². The van der Waals surface area contributed by atoms with Crippen LogP contribution < -0.4 is 0 Å². The Hall–Kier alpha value is -0.0400. The van der Waals surface area contributed by atoms with Gasteiger partial charge in [0, 0.05) is 6.61 Å². The number of hydrogen-bond donors (Lipinski definition) is 1. The molecule has 0 saturated heterocycles. The third-order valence-electron chi connectivity index (χ3n) is 4.71. The predicted octanol–water partition coefficient (Wildman–Crippen LogP) is 6.73. The van der Waals surface area contributed by atoms with E-state index in [1.54, 1.807) is 0 Å². The fraction of sp³-hybridized carbons (Fsp3) is 1.00. The second kappa shape index (κ2) is 16.3. The minimum absolute atomic E-state index is 0.358.